The van der Waals surface area contributed by atoms with Crippen LogP contribution in [0.1, 0.15) is 31.9 Å². The Labute approximate surface area is 183 Å². The van der Waals surface area contributed by atoms with Crippen molar-refractivity contribution in [3.05, 3.63) is 60.1 Å². The molecule has 168 valence electrons. The fraction of sp³-hybridized carbons (Fsp3) is 0.417. The first-order chi connectivity index (χ1) is 14.8. The van der Waals surface area contributed by atoms with E-state index in [-0.39, 0.29) is 5.78 Å². The van der Waals surface area contributed by atoms with Crippen LogP contribution in [0.25, 0.3) is 0 Å². The molecule has 0 N–H and O–H groups in total. The van der Waals surface area contributed by atoms with E-state index in [2.05, 4.69) is 6.58 Å². The summed E-state index contributed by atoms with van der Waals surface area (Å²) in [7, 11) is 6.05. The fourth-order valence-electron chi connectivity index (χ4n) is 3.90. The summed E-state index contributed by atoms with van der Waals surface area (Å²) >= 11 is 0. The SMILES string of the molecule is C=CC[C@@]1([C@H](C)[C@@H](OC(C)=O)c2ccc(OC)c(OC)c2)C=C(OC)C(OC)=CC1=O. The molecule has 1 aliphatic rings. The number of ether oxygens (including phenoxy) is 5. The Kier molecular flexibility index (Phi) is 7.91. The molecule has 1 aromatic carbocycles. The second kappa shape index (κ2) is 10.2. The van der Waals surface area contributed by atoms with Gasteiger partial charge in [-0.25, -0.2) is 0 Å². The summed E-state index contributed by atoms with van der Waals surface area (Å²) in [6.07, 6.45) is 4.39. The summed E-state index contributed by atoms with van der Waals surface area (Å²) in [5, 5.41) is 0. The van der Waals surface area contributed by atoms with Gasteiger partial charge in [-0.3, -0.25) is 9.59 Å². The predicted molar refractivity (Wildman–Crippen MR) is 116 cm³/mol. The highest BCUT2D eigenvalue weighted by molar-refractivity contribution is 5.99. The van der Waals surface area contributed by atoms with Crippen LogP contribution in [0, 0.1) is 11.3 Å². The number of ketones is 1. The summed E-state index contributed by atoms with van der Waals surface area (Å²) in [5.74, 6) is 0.693. The lowest BCUT2D eigenvalue weighted by molar-refractivity contribution is -0.153. The van der Waals surface area contributed by atoms with Crippen molar-refractivity contribution in [2.75, 3.05) is 28.4 Å². The maximum absolute atomic E-state index is 13.3. The maximum atomic E-state index is 13.3. The first-order valence-electron chi connectivity index (χ1n) is 9.85. The molecule has 0 saturated carbocycles. The van der Waals surface area contributed by atoms with Gasteiger partial charge in [0, 0.05) is 18.9 Å². The molecule has 31 heavy (non-hydrogen) atoms. The van der Waals surface area contributed by atoms with Crippen LogP contribution in [0.4, 0.5) is 0 Å². The van der Waals surface area contributed by atoms with E-state index >= 15 is 0 Å². The summed E-state index contributed by atoms with van der Waals surface area (Å²) < 4.78 is 27.2. The van der Waals surface area contributed by atoms with E-state index in [4.69, 9.17) is 23.7 Å². The number of benzene rings is 1. The molecule has 7 heteroatoms. The highest BCUT2D eigenvalue weighted by Gasteiger charge is 2.47. The molecule has 7 nitrogen and oxygen atoms in total. The van der Waals surface area contributed by atoms with Crippen LogP contribution in [0.15, 0.2) is 54.5 Å². The van der Waals surface area contributed by atoms with Crippen LogP contribution < -0.4 is 9.47 Å². The van der Waals surface area contributed by atoms with Gasteiger partial charge in [0.25, 0.3) is 0 Å². The highest BCUT2D eigenvalue weighted by Crippen LogP contribution is 2.48. The van der Waals surface area contributed by atoms with Crippen LogP contribution in [0.2, 0.25) is 0 Å². The van der Waals surface area contributed by atoms with Gasteiger partial charge in [0.15, 0.2) is 28.8 Å². The number of esters is 1. The molecular formula is C24H30O7. The number of carbonyl (C=O) groups is 2. The average Bonchev–Trinajstić information content (AvgIpc) is 2.77. The van der Waals surface area contributed by atoms with E-state index in [0.717, 1.165) is 0 Å². The van der Waals surface area contributed by atoms with Crippen LogP contribution in [0.5, 0.6) is 11.5 Å². The summed E-state index contributed by atoms with van der Waals surface area (Å²) in [5.41, 5.74) is -0.381. The lowest BCUT2D eigenvalue weighted by Crippen LogP contribution is -2.41. The minimum Gasteiger partial charge on any atom is -0.493 e. The minimum absolute atomic E-state index is 0.185. The first-order valence-corrected chi connectivity index (χ1v) is 9.85. The van der Waals surface area contributed by atoms with Crippen molar-refractivity contribution in [2.45, 2.75) is 26.4 Å². The molecule has 3 atom stereocenters. The number of rotatable bonds is 10. The van der Waals surface area contributed by atoms with Gasteiger partial charge in [-0.05, 0) is 30.2 Å². The second-order valence-electron chi connectivity index (χ2n) is 7.26. The number of methoxy groups -OCH3 is 4. The quantitative estimate of drug-likeness (QED) is 0.407. The smallest absolute Gasteiger partial charge is 0.303 e. The van der Waals surface area contributed by atoms with Gasteiger partial charge in [0.05, 0.1) is 33.9 Å². The van der Waals surface area contributed by atoms with Crippen molar-refractivity contribution < 1.29 is 33.3 Å². The zero-order chi connectivity index (χ0) is 23.2. The average molecular weight is 430 g/mol. The molecule has 0 saturated heterocycles. The van der Waals surface area contributed by atoms with Crippen molar-refractivity contribution in [3.8, 4) is 11.5 Å². The molecule has 0 radical (unpaired) electrons. The third-order valence-corrected chi connectivity index (χ3v) is 5.57. The largest absolute Gasteiger partial charge is 0.493 e. The van der Waals surface area contributed by atoms with E-state index in [1.54, 1.807) is 37.5 Å². The van der Waals surface area contributed by atoms with E-state index in [0.29, 0.717) is 35.0 Å². The van der Waals surface area contributed by atoms with Gasteiger partial charge in [-0.1, -0.05) is 19.1 Å². The van der Waals surface area contributed by atoms with Crippen LogP contribution in [-0.4, -0.2) is 40.2 Å². The summed E-state index contributed by atoms with van der Waals surface area (Å²) in [6.45, 7) is 7.03. The Morgan fingerprint density at radius 2 is 1.71 bits per heavy atom. The Bertz CT molecular complexity index is 899. The zero-order valence-electron chi connectivity index (χ0n) is 18.9. The van der Waals surface area contributed by atoms with Crippen molar-refractivity contribution >= 4 is 11.8 Å². The molecule has 0 unspecified atom stereocenters. The summed E-state index contributed by atoms with van der Waals surface area (Å²) in [6, 6.07) is 5.27. The van der Waals surface area contributed by atoms with E-state index in [9.17, 15) is 9.59 Å². The third kappa shape index (κ3) is 4.76. The molecule has 0 aromatic heterocycles. The molecule has 1 aliphatic carbocycles. The molecule has 0 amide bonds. The molecule has 0 bridgehead atoms. The Morgan fingerprint density at radius 3 is 2.23 bits per heavy atom. The van der Waals surface area contributed by atoms with Crippen molar-refractivity contribution in [1.29, 1.82) is 0 Å². The van der Waals surface area contributed by atoms with Gasteiger partial charge < -0.3 is 23.7 Å². The molecule has 1 aromatic rings. The van der Waals surface area contributed by atoms with Crippen LogP contribution in [0.3, 0.4) is 0 Å². The monoisotopic (exact) mass is 430 g/mol. The highest BCUT2D eigenvalue weighted by atomic mass is 16.5. The molecular weight excluding hydrogens is 400 g/mol. The fourth-order valence-corrected chi connectivity index (χ4v) is 3.90. The predicted octanol–water partition coefficient (Wildman–Crippen LogP) is 4.15. The maximum Gasteiger partial charge on any atom is 0.303 e. The van der Waals surface area contributed by atoms with Gasteiger partial charge in [0.2, 0.25) is 0 Å². The first kappa shape index (κ1) is 24.1. The molecule has 0 aliphatic heterocycles. The third-order valence-electron chi connectivity index (χ3n) is 5.57. The number of hydrogen-bond acceptors (Lipinski definition) is 7. The van der Waals surface area contributed by atoms with Gasteiger partial charge in [0.1, 0.15) is 6.10 Å². The lowest BCUT2D eigenvalue weighted by Gasteiger charge is -2.40. The van der Waals surface area contributed by atoms with Crippen molar-refractivity contribution in [3.63, 3.8) is 0 Å². The Balaban J connectivity index is 2.63. The van der Waals surface area contributed by atoms with E-state index in [1.165, 1.54) is 34.3 Å². The van der Waals surface area contributed by atoms with Crippen LogP contribution in [-0.2, 0) is 23.8 Å². The minimum atomic E-state index is -1.05. The molecule has 2 rings (SSSR count). The summed E-state index contributed by atoms with van der Waals surface area (Å²) in [4.78, 5) is 25.3. The van der Waals surface area contributed by atoms with Gasteiger partial charge in [-0.2, -0.15) is 0 Å². The number of hydrogen-bond donors (Lipinski definition) is 0. The van der Waals surface area contributed by atoms with Crippen LogP contribution >= 0.6 is 0 Å². The van der Waals surface area contributed by atoms with Gasteiger partial charge in [-0.15, -0.1) is 6.58 Å². The Morgan fingerprint density at radius 1 is 1.06 bits per heavy atom. The standard InChI is InChI=1S/C24H30O7/c1-8-11-24(14-21(30-7)20(29-6)13-22(24)26)15(2)23(31-16(3)25)17-9-10-18(27-4)19(12-17)28-5/h8-10,12-15,23H,1,11H2,2-7H3/t15-,23-,24+/m1/s1. The molecule has 0 spiro atoms. The zero-order valence-corrected chi connectivity index (χ0v) is 18.9. The number of carbonyl (C=O) groups excluding carboxylic acids is 2. The topological polar surface area (TPSA) is 80.3 Å². The molecule has 0 fully saturated rings. The van der Waals surface area contributed by atoms with Crippen molar-refractivity contribution in [1.82, 2.24) is 0 Å². The van der Waals surface area contributed by atoms with E-state index < -0.39 is 23.4 Å². The number of allylic oxidation sites excluding steroid dienone is 3. The lowest BCUT2D eigenvalue weighted by atomic mass is 9.65. The Hall–Kier alpha value is -3.22. The molecule has 0 heterocycles. The van der Waals surface area contributed by atoms with Crippen molar-refractivity contribution in [2.24, 2.45) is 11.3 Å². The second-order valence-corrected chi connectivity index (χ2v) is 7.26. The van der Waals surface area contributed by atoms with Gasteiger partial charge >= 0.3 is 5.97 Å². The normalized spacial score (nSPS) is 20.0. The van der Waals surface area contributed by atoms with E-state index in [1.807, 2.05) is 6.92 Å².